The Kier molecular flexibility index (Phi) is 2.29. The first-order valence-corrected chi connectivity index (χ1v) is 4.59. The minimum atomic E-state index is -0.000000000000000444. The molecule has 5 heteroatoms. The van der Waals surface area contributed by atoms with Gasteiger partial charge in [0.1, 0.15) is 6.04 Å². The van der Waals surface area contributed by atoms with Gasteiger partial charge in [0.15, 0.2) is 12.7 Å². The molecule has 0 aromatic heterocycles. The van der Waals surface area contributed by atoms with Crippen LogP contribution < -0.4 is 15.7 Å². The van der Waals surface area contributed by atoms with Crippen LogP contribution in [-0.4, -0.2) is 18.8 Å². The van der Waals surface area contributed by atoms with Gasteiger partial charge in [-0.05, 0) is 12.8 Å². The average Bonchev–Trinajstić information content (AvgIpc) is 2.12. The molecular weight excluding hydrogens is 158 g/mol. The van der Waals surface area contributed by atoms with Gasteiger partial charge in [-0.1, -0.05) is 0 Å². The molecule has 1 heterocycles. The molecule has 2 rings (SSSR count). The molecule has 0 bridgehead atoms. The first kappa shape index (κ1) is 8.40. The lowest BCUT2D eigenvalue weighted by molar-refractivity contribution is -1.04. The molecule has 5 nitrogen and oxygen atoms in total. The highest BCUT2D eigenvalue weighted by Crippen LogP contribution is 2.15. The van der Waals surface area contributed by atoms with Crippen molar-refractivity contribution in [1.82, 2.24) is 5.43 Å². The number of hydrogen-bond acceptors (Lipinski definition) is 3. The molecule has 0 radical (unpaired) electrons. The quantitative estimate of drug-likeness (QED) is 0.356. The smallest absolute Gasteiger partial charge is 0.174 e. The fourth-order valence-electron chi connectivity index (χ4n) is 2.27. The van der Waals surface area contributed by atoms with Crippen molar-refractivity contribution in [2.24, 2.45) is 0 Å². The van der Waals surface area contributed by atoms with Crippen LogP contribution in [0.2, 0.25) is 0 Å². The lowest BCUT2D eigenvalue weighted by Gasteiger charge is -2.47. The summed E-state index contributed by atoms with van der Waals surface area (Å²) in [6.07, 6.45) is 4.04. The Hall–Kier alpha value is -0.200. The van der Waals surface area contributed by atoms with Crippen LogP contribution in [-0.2, 0) is 0 Å². The number of hydroxylamine groups is 3. The van der Waals surface area contributed by atoms with Crippen molar-refractivity contribution in [3.8, 4) is 0 Å². The van der Waals surface area contributed by atoms with Crippen LogP contribution in [0.3, 0.4) is 0 Å². The number of hydrogen-bond donors (Lipinski definition) is 3. The molecule has 0 spiro atoms. The fourth-order valence-corrected chi connectivity index (χ4v) is 2.27. The molecule has 1 aliphatic carbocycles. The topological polar surface area (TPSA) is 67.0 Å². The highest BCUT2D eigenvalue weighted by molar-refractivity contribution is 4.75. The van der Waals surface area contributed by atoms with Crippen LogP contribution in [0.5, 0.6) is 0 Å². The summed E-state index contributed by atoms with van der Waals surface area (Å²) >= 11 is 0. The molecule has 2 aliphatic rings. The summed E-state index contributed by atoms with van der Waals surface area (Å²) in [5.41, 5.74) is 2.64. The number of nitrogens with one attached hydrogen (secondary N) is 3. The second-order valence-corrected chi connectivity index (χ2v) is 3.68. The standard InChI is InChI=1S/C7H15N3O2/c11-9-5-8-10(12)7-4-2-1-3-6(7)9/h6-10H,1-5H2. The van der Waals surface area contributed by atoms with Crippen LogP contribution in [0.4, 0.5) is 0 Å². The van der Waals surface area contributed by atoms with Crippen molar-refractivity contribution >= 4 is 0 Å². The fraction of sp³-hybridized carbons (Fsp3) is 1.00. The molecule has 0 aromatic carbocycles. The van der Waals surface area contributed by atoms with Gasteiger partial charge in [0.05, 0.1) is 0 Å². The molecule has 2 fully saturated rings. The van der Waals surface area contributed by atoms with Gasteiger partial charge in [0, 0.05) is 12.8 Å². The van der Waals surface area contributed by atoms with E-state index in [0.29, 0.717) is 0 Å². The highest BCUT2D eigenvalue weighted by Gasteiger charge is 2.38. The Morgan fingerprint density at radius 1 is 1.08 bits per heavy atom. The van der Waals surface area contributed by atoms with Crippen molar-refractivity contribution in [2.75, 3.05) is 6.67 Å². The summed E-state index contributed by atoms with van der Waals surface area (Å²) in [5.74, 6) is 0. The molecule has 0 aromatic rings. The molecule has 12 heavy (non-hydrogen) atoms. The maximum Gasteiger partial charge on any atom is 0.174 e. The first-order valence-electron chi connectivity index (χ1n) is 4.59. The van der Waals surface area contributed by atoms with Gasteiger partial charge in [-0.2, -0.15) is 0 Å². The van der Waals surface area contributed by atoms with E-state index < -0.39 is 0 Å². The van der Waals surface area contributed by atoms with Gasteiger partial charge in [-0.25, -0.2) is 0 Å². The zero-order chi connectivity index (χ0) is 8.55. The summed E-state index contributed by atoms with van der Waals surface area (Å²) < 4.78 is 0. The third kappa shape index (κ3) is 1.34. The van der Waals surface area contributed by atoms with E-state index in [1.54, 1.807) is 0 Å². The lowest BCUT2D eigenvalue weighted by atomic mass is 9.90. The minimum Gasteiger partial charge on any atom is -0.633 e. The first-order chi connectivity index (χ1) is 5.79. The van der Waals surface area contributed by atoms with Gasteiger partial charge in [-0.15, -0.1) is 5.43 Å². The van der Waals surface area contributed by atoms with Gasteiger partial charge >= 0.3 is 0 Å². The van der Waals surface area contributed by atoms with Gasteiger partial charge < -0.3 is 15.5 Å². The summed E-state index contributed by atoms with van der Waals surface area (Å²) in [6.45, 7) is 0.264. The molecule has 1 saturated heterocycles. The van der Waals surface area contributed by atoms with Crippen molar-refractivity contribution in [1.29, 1.82) is 0 Å². The van der Waals surface area contributed by atoms with E-state index >= 15 is 0 Å². The Balaban J connectivity index is 2.05. The molecular formula is C7H15N3O2. The van der Waals surface area contributed by atoms with Crippen LogP contribution in [0.15, 0.2) is 0 Å². The Bertz CT molecular complexity index is 149. The molecule has 1 aliphatic heterocycles. The van der Waals surface area contributed by atoms with Gasteiger partial charge in [-0.3, -0.25) is 5.17 Å². The van der Waals surface area contributed by atoms with Gasteiger partial charge in [0.25, 0.3) is 0 Å². The highest BCUT2D eigenvalue weighted by atomic mass is 16.6. The Labute approximate surface area is 71.5 Å². The van der Waals surface area contributed by atoms with E-state index in [2.05, 4.69) is 5.43 Å². The molecule has 4 atom stereocenters. The van der Waals surface area contributed by atoms with E-state index in [1.807, 2.05) is 0 Å². The van der Waals surface area contributed by atoms with E-state index in [0.717, 1.165) is 25.7 Å². The number of fused-ring (bicyclic) bond motifs is 1. The van der Waals surface area contributed by atoms with Crippen LogP contribution in [0.25, 0.3) is 0 Å². The zero-order valence-corrected chi connectivity index (χ0v) is 7.01. The normalized spacial score (nSPS) is 48.5. The van der Waals surface area contributed by atoms with Crippen LogP contribution in [0.1, 0.15) is 25.7 Å². The van der Waals surface area contributed by atoms with Crippen molar-refractivity contribution < 1.29 is 10.2 Å². The third-order valence-corrected chi connectivity index (χ3v) is 2.95. The zero-order valence-electron chi connectivity index (χ0n) is 7.01. The summed E-state index contributed by atoms with van der Waals surface area (Å²) in [4.78, 5) is 0. The molecule has 70 valence electrons. The second-order valence-electron chi connectivity index (χ2n) is 3.68. The van der Waals surface area contributed by atoms with Crippen molar-refractivity contribution in [3.05, 3.63) is 10.4 Å². The molecule has 3 N–H and O–H groups in total. The monoisotopic (exact) mass is 173 g/mol. The van der Waals surface area contributed by atoms with E-state index in [1.165, 1.54) is 0 Å². The summed E-state index contributed by atoms with van der Waals surface area (Å²) in [5, 5.41) is 23.0. The minimum absolute atomic E-state index is 0.000000000000000444. The number of rotatable bonds is 0. The van der Waals surface area contributed by atoms with Crippen LogP contribution in [0, 0.1) is 10.4 Å². The maximum atomic E-state index is 11.4. The second kappa shape index (κ2) is 3.27. The third-order valence-electron chi connectivity index (χ3n) is 2.95. The average molecular weight is 173 g/mol. The van der Waals surface area contributed by atoms with Crippen molar-refractivity contribution in [3.63, 3.8) is 0 Å². The molecule has 4 unspecified atom stereocenters. The molecule has 1 saturated carbocycles. The Morgan fingerprint density at radius 2 is 1.75 bits per heavy atom. The predicted molar refractivity (Wildman–Crippen MR) is 42.7 cm³/mol. The SMILES string of the molecule is [O-][NH+]1CN[NH+]([O-])C2CCCCC21. The van der Waals surface area contributed by atoms with E-state index in [-0.39, 0.29) is 29.0 Å². The van der Waals surface area contributed by atoms with E-state index in [9.17, 15) is 10.4 Å². The Morgan fingerprint density at radius 3 is 2.42 bits per heavy atom. The maximum absolute atomic E-state index is 11.4. The van der Waals surface area contributed by atoms with Crippen LogP contribution >= 0.6 is 0 Å². The largest absolute Gasteiger partial charge is 0.633 e. The van der Waals surface area contributed by atoms with Gasteiger partial charge in [0.2, 0.25) is 0 Å². The van der Waals surface area contributed by atoms with E-state index in [4.69, 9.17) is 0 Å². The predicted octanol–water partition coefficient (Wildman–Crippen LogP) is -2.46. The summed E-state index contributed by atoms with van der Waals surface area (Å²) in [6, 6.07) is 0.0486. The number of quaternary nitrogens is 2. The van der Waals surface area contributed by atoms with Crippen molar-refractivity contribution in [2.45, 2.75) is 37.8 Å². The summed E-state index contributed by atoms with van der Waals surface area (Å²) in [7, 11) is 0. The molecule has 0 amide bonds. The lowest BCUT2D eigenvalue weighted by Crippen LogP contribution is -3.34.